The summed E-state index contributed by atoms with van der Waals surface area (Å²) >= 11 is 1.36. The Balaban J connectivity index is 1.92. The summed E-state index contributed by atoms with van der Waals surface area (Å²) in [5.41, 5.74) is 0. The van der Waals surface area contributed by atoms with Crippen molar-refractivity contribution in [2.24, 2.45) is 0 Å². The predicted molar refractivity (Wildman–Crippen MR) is 53.0 cm³/mol. The Labute approximate surface area is 85.0 Å². The van der Waals surface area contributed by atoms with E-state index in [1.165, 1.54) is 17.9 Å². The minimum absolute atomic E-state index is 0.596. The van der Waals surface area contributed by atoms with Crippen LogP contribution in [-0.4, -0.2) is 24.5 Å². The maximum atomic E-state index is 4.26. The molecule has 0 amide bonds. The van der Waals surface area contributed by atoms with Gasteiger partial charge < -0.3 is 5.32 Å². The monoisotopic (exact) mass is 210 g/mol. The van der Waals surface area contributed by atoms with Gasteiger partial charge in [0.05, 0.1) is 6.54 Å². The van der Waals surface area contributed by atoms with Gasteiger partial charge >= 0.3 is 0 Å². The van der Waals surface area contributed by atoms with E-state index in [9.17, 15) is 0 Å². The van der Waals surface area contributed by atoms with Crippen molar-refractivity contribution in [1.82, 2.24) is 24.5 Å². The molecule has 0 aliphatic heterocycles. The molecule has 2 aromatic rings. The third-order valence-electron chi connectivity index (χ3n) is 1.66. The first kappa shape index (κ1) is 9.07. The molecule has 7 heteroatoms. The normalized spacial score (nSPS) is 10.4. The average Bonchev–Trinajstić information content (AvgIpc) is 2.86. The standard InChI is InChI=1S/C7H10N6S/c1-2-5-11-7(14-13-5)8-3-6-9-4-10-12-6/h4H,2-3H2,1H3,(H,8,11,13)(H,9,10,12). The van der Waals surface area contributed by atoms with Crippen LogP contribution in [0.4, 0.5) is 5.13 Å². The van der Waals surface area contributed by atoms with E-state index in [4.69, 9.17) is 0 Å². The topological polar surface area (TPSA) is 79.4 Å². The zero-order valence-corrected chi connectivity index (χ0v) is 8.51. The highest BCUT2D eigenvalue weighted by Crippen LogP contribution is 2.11. The maximum absolute atomic E-state index is 4.26. The molecule has 0 aliphatic rings. The minimum Gasteiger partial charge on any atom is -0.353 e. The Morgan fingerprint density at radius 2 is 2.50 bits per heavy atom. The van der Waals surface area contributed by atoms with E-state index in [1.54, 1.807) is 0 Å². The van der Waals surface area contributed by atoms with Gasteiger partial charge in [0.2, 0.25) is 5.13 Å². The number of hydrogen-bond donors (Lipinski definition) is 2. The lowest BCUT2D eigenvalue weighted by Crippen LogP contribution is -2.00. The number of rotatable bonds is 4. The number of aryl methyl sites for hydroxylation is 1. The molecule has 74 valence electrons. The second-order valence-electron chi connectivity index (χ2n) is 2.66. The summed E-state index contributed by atoms with van der Waals surface area (Å²) in [5, 5.41) is 10.4. The quantitative estimate of drug-likeness (QED) is 0.781. The Morgan fingerprint density at radius 3 is 3.14 bits per heavy atom. The number of aromatic nitrogens is 5. The Bertz CT molecular complexity index is 381. The van der Waals surface area contributed by atoms with Crippen LogP contribution in [-0.2, 0) is 13.0 Å². The van der Waals surface area contributed by atoms with Gasteiger partial charge in [-0.05, 0) is 0 Å². The van der Waals surface area contributed by atoms with Gasteiger partial charge in [-0.1, -0.05) is 6.92 Å². The summed E-state index contributed by atoms with van der Waals surface area (Å²) in [7, 11) is 0. The molecule has 0 radical (unpaired) electrons. The van der Waals surface area contributed by atoms with E-state index in [2.05, 4.69) is 29.9 Å². The van der Waals surface area contributed by atoms with Crippen LogP contribution in [0, 0.1) is 0 Å². The Kier molecular flexibility index (Phi) is 2.68. The van der Waals surface area contributed by atoms with Crippen molar-refractivity contribution >= 4 is 16.7 Å². The maximum Gasteiger partial charge on any atom is 0.202 e. The van der Waals surface area contributed by atoms with Crippen LogP contribution in [0.5, 0.6) is 0 Å². The van der Waals surface area contributed by atoms with E-state index >= 15 is 0 Å². The van der Waals surface area contributed by atoms with Crippen molar-refractivity contribution in [3.8, 4) is 0 Å². The van der Waals surface area contributed by atoms with Crippen molar-refractivity contribution in [2.75, 3.05) is 5.32 Å². The molecule has 0 fully saturated rings. The van der Waals surface area contributed by atoms with Crippen LogP contribution in [0.2, 0.25) is 0 Å². The first-order chi connectivity index (χ1) is 6.88. The molecule has 14 heavy (non-hydrogen) atoms. The molecule has 2 N–H and O–H groups in total. The largest absolute Gasteiger partial charge is 0.353 e. The van der Waals surface area contributed by atoms with Crippen molar-refractivity contribution < 1.29 is 0 Å². The van der Waals surface area contributed by atoms with Crippen molar-refractivity contribution in [3.05, 3.63) is 18.0 Å². The lowest BCUT2D eigenvalue weighted by Gasteiger charge is -1.96. The molecule has 0 aliphatic carbocycles. The van der Waals surface area contributed by atoms with Crippen LogP contribution in [0.1, 0.15) is 18.6 Å². The Hall–Kier alpha value is -1.50. The van der Waals surface area contributed by atoms with E-state index in [0.717, 1.165) is 23.2 Å². The molecule has 0 aromatic carbocycles. The van der Waals surface area contributed by atoms with Crippen LogP contribution in [0.25, 0.3) is 0 Å². The van der Waals surface area contributed by atoms with Gasteiger partial charge in [-0.15, -0.1) is 0 Å². The van der Waals surface area contributed by atoms with Crippen LogP contribution in [0.15, 0.2) is 6.33 Å². The third-order valence-corrected chi connectivity index (χ3v) is 2.37. The molecule has 2 rings (SSSR count). The van der Waals surface area contributed by atoms with Crippen LogP contribution >= 0.6 is 11.5 Å². The van der Waals surface area contributed by atoms with Crippen LogP contribution < -0.4 is 5.32 Å². The minimum atomic E-state index is 0.596. The fraction of sp³-hybridized carbons (Fsp3) is 0.429. The lowest BCUT2D eigenvalue weighted by atomic mass is 10.5. The molecule has 0 saturated heterocycles. The molecular formula is C7H10N6S. The number of nitrogens with zero attached hydrogens (tertiary/aromatic N) is 4. The smallest absolute Gasteiger partial charge is 0.202 e. The first-order valence-electron chi connectivity index (χ1n) is 4.29. The van der Waals surface area contributed by atoms with E-state index in [1.807, 2.05) is 6.92 Å². The van der Waals surface area contributed by atoms with E-state index in [-0.39, 0.29) is 0 Å². The fourth-order valence-electron chi connectivity index (χ4n) is 0.945. The van der Waals surface area contributed by atoms with E-state index < -0.39 is 0 Å². The highest BCUT2D eigenvalue weighted by atomic mass is 32.1. The SMILES string of the molecule is CCc1nsc(NCc2ncn[nH]2)n1. The summed E-state index contributed by atoms with van der Waals surface area (Å²) in [6, 6.07) is 0. The summed E-state index contributed by atoms with van der Waals surface area (Å²) < 4.78 is 4.16. The highest BCUT2D eigenvalue weighted by Gasteiger charge is 2.02. The Morgan fingerprint density at radius 1 is 1.57 bits per heavy atom. The molecule has 0 bridgehead atoms. The van der Waals surface area contributed by atoms with Gasteiger partial charge in [0.25, 0.3) is 0 Å². The number of anilines is 1. The summed E-state index contributed by atoms with van der Waals surface area (Å²) in [6.07, 6.45) is 2.34. The van der Waals surface area contributed by atoms with Gasteiger partial charge in [0, 0.05) is 18.0 Å². The highest BCUT2D eigenvalue weighted by molar-refractivity contribution is 7.09. The van der Waals surface area contributed by atoms with Crippen molar-refractivity contribution in [3.63, 3.8) is 0 Å². The number of H-pyrrole nitrogens is 1. The first-order valence-corrected chi connectivity index (χ1v) is 5.06. The molecule has 0 unspecified atom stereocenters. The molecular weight excluding hydrogens is 200 g/mol. The van der Waals surface area contributed by atoms with E-state index in [0.29, 0.717) is 6.54 Å². The van der Waals surface area contributed by atoms with Crippen LogP contribution in [0.3, 0.4) is 0 Å². The summed E-state index contributed by atoms with van der Waals surface area (Å²) in [6.45, 7) is 2.63. The molecule has 0 saturated carbocycles. The van der Waals surface area contributed by atoms with Gasteiger partial charge in [-0.2, -0.15) is 9.47 Å². The molecule has 6 nitrogen and oxygen atoms in total. The van der Waals surface area contributed by atoms with Crippen molar-refractivity contribution in [1.29, 1.82) is 0 Å². The van der Waals surface area contributed by atoms with Gasteiger partial charge in [-0.3, -0.25) is 5.10 Å². The zero-order valence-electron chi connectivity index (χ0n) is 7.69. The summed E-state index contributed by atoms with van der Waals surface area (Å²) in [5.74, 6) is 1.66. The predicted octanol–water partition coefficient (Wildman–Crippen LogP) is 0.831. The fourth-order valence-corrected chi connectivity index (χ4v) is 1.59. The number of hydrogen-bond acceptors (Lipinski definition) is 6. The number of aromatic amines is 1. The van der Waals surface area contributed by atoms with Gasteiger partial charge in [-0.25, -0.2) is 9.97 Å². The molecule has 0 spiro atoms. The van der Waals surface area contributed by atoms with Crippen molar-refractivity contribution in [2.45, 2.75) is 19.9 Å². The zero-order chi connectivity index (χ0) is 9.80. The molecule has 2 aromatic heterocycles. The third kappa shape index (κ3) is 2.05. The average molecular weight is 210 g/mol. The lowest BCUT2D eigenvalue weighted by molar-refractivity contribution is 0.943. The second kappa shape index (κ2) is 4.14. The molecule has 0 atom stereocenters. The van der Waals surface area contributed by atoms with Gasteiger partial charge in [0.15, 0.2) is 0 Å². The van der Waals surface area contributed by atoms with Gasteiger partial charge in [0.1, 0.15) is 18.0 Å². The second-order valence-corrected chi connectivity index (χ2v) is 3.41. The summed E-state index contributed by atoms with van der Waals surface area (Å²) in [4.78, 5) is 8.25. The molecule has 2 heterocycles. The number of nitrogens with one attached hydrogen (secondary N) is 2.